The van der Waals surface area contributed by atoms with E-state index in [1.54, 1.807) is 25.1 Å². The average molecular weight is 475 g/mol. The molecule has 0 aromatic heterocycles. The number of non-ortho nitro benzene ring substituents is 1. The molecule has 174 valence electrons. The number of anilines is 1. The Bertz CT molecular complexity index is 1090. The van der Waals surface area contributed by atoms with Crippen LogP contribution in [-0.4, -0.2) is 72.5 Å². The van der Waals surface area contributed by atoms with Crippen LogP contribution in [0.2, 0.25) is 5.02 Å². The van der Waals surface area contributed by atoms with Gasteiger partial charge in [-0.15, -0.1) is 0 Å². The molecule has 1 saturated heterocycles. The third-order valence-electron chi connectivity index (χ3n) is 5.30. The number of ether oxygens (including phenoxy) is 1. The lowest BCUT2D eigenvalue weighted by Gasteiger charge is -2.25. The first-order chi connectivity index (χ1) is 15.7. The minimum absolute atomic E-state index is 0.0297. The molecule has 1 heterocycles. The van der Waals surface area contributed by atoms with E-state index < -0.39 is 16.7 Å². The fourth-order valence-electron chi connectivity index (χ4n) is 3.47. The molecule has 0 bridgehead atoms. The lowest BCUT2D eigenvalue weighted by Crippen LogP contribution is -2.44. The summed E-state index contributed by atoms with van der Waals surface area (Å²) in [4.78, 5) is 53.1. The van der Waals surface area contributed by atoms with Crippen LogP contribution in [0.25, 0.3) is 0 Å². The van der Waals surface area contributed by atoms with Crippen LogP contribution in [0.5, 0.6) is 0 Å². The van der Waals surface area contributed by atoms with Crippen molar-refractivity contribution < 1.29 is 24.0 Å². The minimum Gasteiger partial charge on any atom is -0.383 e. The van der Waals surface area contributed by atoms with Crippen LogP contribution in [0.4, 0.5) is 11.4 Å². The van der Waals surface area contributed by atoms with E-state index in [9.17, 15) is 24.5 Å². The van der Waals surface area contributed by atoms with Gasteiger partial charge in [0.25, 0.3) is 11.6 Å². The van der Waals surface area contributed by atoms with Gasteiger partial charge in [-0.1, -0.05) is 23.7 Å². The molecule has 0 unspecified atom stereocenters. The van der Waals surface area contributed by atoms with Gasteiger partial charge in [0, 0.05) is 42.1 Å². The first kappa shape index (κ1) is 24.1. The Kier molecular flexibility index (Phi) is 7.62. The van der Waals surface area contributed by atoms with Crippen LogP contribution < -0.4 is 4.90 Å². The van der Waals surface area contributed by atoms with Gasteiger partial charge in [0.15, 0.2) is 0 Å². The number of hydrogen-bond donors (Lipinski definition) is 0. The molecule has 2 aromatic rings. The van der Waals surface area contributed by atoms with Crippen molar-refractivity contribution in [1.82, 2.24) is 9.80 Å². The molecule has 0 atom stereocenters. The first-order valence-corrected chi connectivity index (χ1v) is 10.5. The second-order valence-electron chi connectivity index (χ2n) is 7.47. The summed E-state index contributed by atoms with van der Waals surface area (Å²) in [6.45, 7) is 1.65. The predicted octanol–water partition coefficient (Wildman–Crippen LogP) is 2.48. The normalized spacial score (nSPS) is 13.4. The zero-order chi connectivity index (χ0) is 24.1. The Morgan fingerprint density at radius 3 is 2.67 bits per heavy atom. The number of benzene rings is 2. The average Bonchev–Trinajstić information content (AvgIpc) is 3.19. The Morgan fingerprint density at radius 1 is 1.24 bits per heavy atom. The maximum atomic E-state index is 13.0. The van der Waals surface area contributed by atoms with E-state index in [0.29, 0.717) is 10.7 Å². The predicted molar refractivity (Wildman–Crippen MR) is 121 cm³/mol. The number of methoxy groups -OCH3 is 1. The van der Waals surface area contributed by atoms with Gasteiger partial charge in [0.05, 0.1) is 11.5 Å². The number of nitro groups is 1. The van der Waals surface area contributed by atoms with E-state index in [1.807, 2.05) is 0 Å². The van der Waals surface area contributed by atoms with Crippen molar-refractivity contribution in [1.29, 1.82) is 0 Å². The molecule has 10 nitrogen and oxygen atoms in total. The van der Waals surface area contributed by atoms with Crippen LogP contribution in [-0.2, 0) is 14.3 Å². The van der Waals surface area contributed by atoms with Gasteiger partial charge in [-0.3, -0.25) is 29.4 Å². The third kappa shape index (κ3) is 5.47. The van der Waals surface area contributed by atoms with E-state index in [-0.39, 0.29) is 50.1 Å². The molecule has 1 aliphatic heterocycles. The van der Waals surface area contributed by atoms with E-state index in [4.69, 9.17) is 16.3 Å². The maximum Gasteiger partial charge on any atom is 0.270 e. The standard InChI is InChI=1S/C22H23ClN4O6/c1-15-18(23)7-4-8-19(15)26-14-25(13-21(26)29)20(28)12-24(9-10-33-2)22(30)16-5-3-6-17(11-16)27(31)32/h3-8,11H,9-10,12-14H2,1-2H3. The lowest BCUT2D eigenvalue weighted by molar-refractivity contribution is -0.384. The van der Waals surface area contributed by atoms with Gasteiger partial charge in [-0.2, -0.15) is 0 Å². The second-order valence-corrected chi connectivity index (χ2v) is 7.87. The fraction of sp³-hybridized carbons (Fsp3) is 0.318. The minimum atomic E-state index is -0.594. The van der Waals surface area contributed by atoms with Gasteiger partial charge in [-0.05, 0) is 30.7 Å². The van der Waals surface area contributed by atoms with E-state index in [0.717, 1.165) is 11.6 Å². The molecule has 0 aliphatic carbocycles. The summed E-state index contributed by atoms with van der Waals surface area (Å²) in [6.07, 6.45) is 0. The van der Waals surface area contributed by atoms with Crippen molar-refractivity contribution in [2.24, 2.45) is 0 Å². The number of carbonyl (C=O) groups excluding carboxylic acids is 3. The molecule has 0 saturated carbocycles. The summed E-state index contributed by atoms with van der Waals surface area (Å²) in [5, 5.41) is 11.6. The smallest absolute Gasteiger partial charge is 0.270 e. The number of carbonyl (C=O) groups is 3. The molecule has 11 heteroatoms. The van der Waals surface area contributed by atoms with Crippen molar-refractivity contribution in [2.75, 3.05) is 44.9 Å². The second kappa shape index (κ2) is 10.4. The highest BCUT2D eigenvalue weighted by atomic mass is 35.5. The van der Waals surface area contributed by atoms with Gasteiger partial charge >= 0.3 is 0 Å². The molecule has 33 heavy (non-hydrogen) atoms. The highest BCUT2D eigenvalue weighted by molar-refractivity contribution is 6.31. The number of hydrogen-bond acceptors (Lipinski definition) is 6. The molecule has 0 spiro atoms. The van der Waals surface area contributed by atoms with Crippen molar-refractivity contribution >= 4 is 40.7 Å². The summed E-state index contributed by atoms with van der Waals surface area (Å²) in [6, 6.07) is 10.5. The quantitative estimate of drug-likeness (QED) is 0.429. The number of nitro benzene ring substituents is 1. The number of halogens is 1. The van der Waals surface area contributed by atoms with Gasteiger partial charge in [0.2, 0.25) is 11.8 Å². The number of nitrogens with zero attached hydrogens (tertiary/aromatic N) is 4. The van der Waals surface area contributed by atoms with Crippen molar-refractivity contribution in [3.63, 3.8) is 0 Å². The van der Waals surface area contributed by atoms with Crippen LogP contribution in [0, 0.1) is 17.0 Å². The summed E-state index contributed by atoms with van der Waals surface area (Å²) in [5.74, 6) is -1.24. The Labute approximate surface area is 195 Å². The maximum absolute atomic E-state index is 13.0. The third-order valence-corrected chi connectivity index (χ3v) is 5.71. The van der Waals surface area contributed by atoms with Crippen molar-refractivity contribution in [2.45, 2.75) is 6.92 Å². The van der Waals surface area contributed by atoms with Crippen LogP contribution >= 0.6 is 11.6 Å². The van der Waals surface area contributed by atoms with Crippen molar-refractivity contribution in [3.8, 4) is 0 Å². The molecule has 0 N–H and O–H groups in total. The molecular weight excluding hydrogens is 452 g/mol. The molecule has 1 fully saturated rings. The Morgan fingerprint density at radius 2 is 1.97 bits per heavy atom. The van der Waals surface area contributed by atoms with E-state index >= 15 is 0 Å². The summed E-state index contributed by atoms with van der Waals surface area (Å²) >= 11 is 6.16. The Balaban J connectivity index is 1.75. The SMILES string of the molecule is COCCN(CC(=O)N1CC(=O)N(c2cccc(Cl)c2C)C1)C(=O)c1cccc([N+](=O)[O-])c1. The van der Waals surface area contributed by atoms with Gasteiger partial charge < -0.3 is 14.5 Å². The zero-order valence-electron chi connectivity index (χ0n) is 18.2. The van der Waals surface area contributed by atoms with Crippen molar-refractivity contribution in [3.05, 3.63) is 68.7 Å². The van der Waals surface area contributed by atoms with E-state index in [1.165, 1.54) is 40.0 Å². The molecular formula is C22H23ClN4O6. The summed E-state index contributed by atoms with van der Waals surface area (Å²) in [7, 11) is 1.46. The molecule has 3 rings (SSSR count). The van der Waals surface area contributed by atoms with Crippen LogP contribution in [0.15, 0.2) is 42.5 Å². The highest BCUT2D eigenvalue weighted by Gasteiger charge is 2.34. The Hall–Kier alpha value is -3.50. The fourth-order valence-corrected chi connectivity index (χ4v) is 3.64. The lowest BCUT2D eigenvalue weighted by atomic mass is 10.1. The molecule has 3 amide bonds. The van der Waals surface area contributed by atoms with E-state index in [2.05, 4.69) is 0 Å². The van der Waals surface area contributed by atoms with Gasteiger partial charge in [-0.25, -0.2) is 0 Å². The van der Waals surface area contributed by atoms with Crippen LogP contribution in [0.1, 0.15) is 15.9 Å². The number of rotatable bonds is 8. The summed E-state index contributed by atoms with van der Waals surface area (Å²) in [5.41, 5.74) is 1.20. The topological polar surface area (TPSA) is 113 Å². The first-order valence-electron chi connectivity index (χ1n) is 10.1. The largest absolute Gasteiger partial charge is 0.383 e. The van der Waals surface area contributed by atoms with Crippen LogP contribution in [0.3, 0.4) is 0 Å². The highest BCUT2D eigenvalue weighted by Crippen LogP contribution is 2.28. The molecule has 0 radical (unpaired) electrons. The monoisotopic (exact) mass is 474 g/mol. The van der Waals surface area contributed by atoms with Gasteiger partial charge in [0.1, 0.15) is 19.8 Å². The molecule has 1 aliphatic rings. The molecule has 2 aromatic carbocycles. The zero-order valence-corrected chi connectivity index (χ0v) is 18.9. The number of amides is 3. The summed E-state index contributed by atoms with van der Waals surface area (Å²) < 4.78 is 5.04.